The third kappa shape index (κ3) is 4.75. The van der Waals surface area contributed by atoms with E-state index in [2.05, 4.69) is 43.4 Å². The molecule has 108 valence electrons. The topological polar surface area (TPSA) is 32.3 Å². The summed E-state index contributed by atoms with van der Waals surface area (Å²) in [5.74, 6) is 0.694. The van der Waals surface area contributed by atoms with Gasteiger partial charge in [-0.15, -0.1) is 0 Å². The Bertz CT molecular complexity index is 490. The lowest BCUT2D eigenvalue weighted by atomic mass is 10.0. The van der Waals surface area contributed by atoms with Crippen LogP contribution in [0.3, 0.4) is 0 Å². The summed E-state index contributed by atoms with van der Waals surface area (Å²) in [5, 5.41) is 17.3. The first-order chi connectivity index (χ1) is 9.65. The molecule has 1 unspecified atom stereocenters. The fourth-order valence-corrected chi connectivity index (χ4v) is 2.91. The molecule has 0 fully saturated rings. The van der Waals surface area contributed by atoms with Gasteiger partial charge in [-0.05, 0) is 45.9 Å². The number of aliphatic hydroxyl groups is 1. The lowest BCUT2D eigenvalue weighted by Gasteiger charge is -2.11. The first-order valence-corrected chi connectivity index (χ1v) is 8.08. The van der Waals surface area contributed by atoms with E-state index in [-0.39, 0.29) is 0 Å². The fourth-order valence-electron chi connectivity index (χ4n) is 2.20. The first-order valence-electron chi connectivity index (χ1n) is 7.14. The molecule has 0 saturated carbocycles. The van der Waals surface area contributed by atoms with Crippen molar-refractivity contribution in [3.8, 4) is 0 Å². The molecule has 2 N–H and O–H groups in total. The smallest absolute Gasteiger partial charge is 0.0922 e. The summed E-state index contributed by atoms with van der Waals surface area (Å²) in [6.45, 7) is 5.86. The quantitative estimate of drug-likeness (QED) is 0.813. The number of hydrogen-bond acceptors (Lipinski definition) is 3. The highest BCUT2D eigenvalue weighted by Gasteiger charge is 2.06. The first kappa shape index (κ1) is 15.2. The van der Waals surface area contributed by atoms with Gasteiger partial charge in [-0.25, -0.2) is 0 Å². The highest BCUT2D eigenvalue weighted by Crippen LogP contribution is 2.15. The van der Waals surface area contributed by atoms with Gasteiger partial charge in [-0.2, -0.15) is 11.3 Å². The highest BCUT2D eigenvalue weighted by atomic mass is 32.1. The van der Waals surface area contributed by atoms with E-state index in [0.717, 1.165) is 18.5 Å². The van der Waals surface area contributed by atoms with Gasteiger partial charge in [0.05, 0.1) is 6.10 Å². The van der Waals surface area contributed by atoms with Crippen molar-refractivity contribution in [2.75, 3.05) is 6.54 Å². The van der Waals surface area contributed by atoms with E-state index in [4.69, 9.17) is 0 Å². The van der Waals surface area contributed by atoms with Crippen molar-refractivity contribution in [3.63, 3.8) is 0 Å². The summed E-state index contributed by atoms with van der Waals surface area (Å²) in [5.41, 5.74) is 3.65. The van der Waals surface area contributed by atoms with Crippen molar-refractivity contribution < 1.29 is 5.11 Å². The monoisotopic (exact) mass is 289 g/mol. The predicted molar refractivity (Wildman–Crippen MR) is 86.0 cm³/mol. The average molecular weight is 289 g/mol. The second-order valence-corrected chi connectivity index (χ2v) is 6.40. The Balaban J connectivity index is 1.76. The van der Waals surface area contributed by atoms with Crippen molar-refractivity contribution >= 4 is 11.3 Å². The highest BCUT2D eigenvalue weighted by molar-refractivity contribution is 7.07. The molecule has 0 saturated heterocycles. The van der Waals surface area contributed by atoms with Crippen molar-refractivity contribution in [1.82, 2.24) is 5.32 Å². The second kappa shape index (κ2) is 7.58. The van der Waals surface area contributed by atoms with Crippen molar-refractivity contribution in [2.45, 2.75) is 32.9 Å². The Morgan fingerprint density at radius 3 is 2.40 bits per heavy atom. The van der Waals surface area contributed by atoms with Crippen LogP contribution in [-0.2, 0) is 13.0 Å². The zero-order valence-electron chi connectivity index (χ0n) is 12.2. The number of thiophene rings is 1. The molecule has 1 heterocycles. The van der Waals surface area contributed by atoms with Crippen LogP contribution in [-0.4, -0.2) is 11.7 Å². The third-order valence-electron chi connectivity index (χ3n) is 3.26. The zero-order chi connectivity index (χ0) is 14.4. The minimum Gasteiger partial charge on any atom is -0.387 e. The molecule has 2 aromatic rings. The molecule has 1 atom stereocenters. The van der Waals surface area contributed by atoms with Crippen LogP contribution in [0.5, 0.6) is 0 Å². The predicted octanol–water partition coefficient (Wildman–Crippen LogP) is 3.77. The summed E-state index contributed by atoms with van der Waals surface area (Å²) in [6, 6.07) is 10.7. The van der Waals surface area contributed by atoms with E-state index in [1.165, 1.54) is 11.1 Å². The summed E-state index contributed by atoms with van der Waals surface area (Å²) in [4.78, 5) is 0. The largest absolute Gasteiger partial charge is 0.387 e. The van der Waals surface area contributed by atoms with Gasteiger partial charge in [0.1, 0.15) is 0 Å². The maximum atomic E-state index is 9.97. The van der Waals surface area contributed by atoms with Gasteiger partial charge in [0.25, 0.3) is 0 Å². The standard InChI is InChI=1S/C17H23NOS/c1-13(2)9-14-3-5-15(6-4-14)10-18-11-17(19)16-7-8-20-12-16/h3-8,12-13,17-19H,9-11H2,1-2H3. The van der Waals surface area contributed by atoms with Crippen molar-refractivity contribution in [2.24, 2.45) is 5.92 Å². The summed E-state index contributed by atoms with van der Waals surface area (Å²) in [6.07, 6.45) is 0.714. The van der Waals surface area contributed by atoms with Gasteiger partial charge in [0.15, 0.2) is 0 Å². The number of benzene rings is 1. The third-order valence-corrected chi connectivity index (χ3v) is 3.96. The van der Waals surface area contributed by atoms with Crippen molar-refractivity contribution in [1.29, 1.82) is 0 Å². The van der Waals surface area contributed by atoms with Crippen LogP contribution >= 0.6 is 11.3 Å². The zero-order valence-corrected chi connectivity index (χ0v) is 13.0. The maximum Gasteiger partial charge on any atom is 0.0922 e. The van der Waals surface area contributed by atoms with Crippen LogP contribution in [0.1, 0.15) is 36.6 Å². The van der Waals surface area contributed by atoms with Crippen molar-refractivity contribution in [3.05, 3.63) is 57.8 Å². The van der Waals surface area contributed by atoms with Crippen LogP contribution in [0, 0.1) is 5.92 Å². The Morgan fingerprint density at radius 2 is 1.80 bits per heavy atom. The minimum atomic E-state index is -0.415. The normalized spacial score (nSPS) is 12.8. The van der Waals surface area contributed by atoms with Crippen LogP contribution < -0.4 is 5.32 Å². The molecule has 20 heavy (non-hydrogen) atoms. The van der Waals surface area contributed by atoms with Gasteiger partial charge in [0.2, 0.25) is 0 Å². The van der Waals surface area contributed by atoms with E-state index >= 15 is 0 Å². The maximum absolute atomic E-state index is 9.97. The van der Waals surface area contributed by atoms with Gasteiger partial charge < -0.3 is 10.4 Å². The molecular formula is C17H23NOS. The average Bonchev–Trinajstić information content (AvgIpc) is 2.94. The molecule has 2 rings (SSSR count). The lowest BCUT2D eigenvalue weighted by Crippen LogP contribution is -2.20. The Hall–Kier alpha value is -1.16. The molecule has 0 aliphatic heterocycles. The van der Waals surface area contributed by atoms with Crippen LogP contribution in [0.15, 0.2) is 41.1 Å². The molecule has 0 radical (unpaired) electrons. The van der Waals surface area contributed by atoms with Gasteiger partial charge in [-0.3, -0.25) is 0 Å². The van der Waals surface area contributed by atoms with Crippen LogP contribution in [0.4, 0.5) is 0 Å². The van der Waals surface area contributed by atoms with E-state index < -0.39 is 6.10 Å². The number of hydrogen-bond donors (Lipinski definition) is 2. The summed E-state index contributed by atoms with van der Waals surface area (Å²) < 4.78 is 0. The molecule has 2 nitrogen and oxygen atoms in total. The van der Waals surface area contributed by atoms with Gasteiger partial charge in [0, 0.05) is 13.1 Å². The number of aliphatic hydroxyl groups excluding tert-OH is 1. The Labute approximate surface area is 125 Å². The van der Waals surface area contributed by atoms with Crippen LogP contribution in [0.2, 0.25) is 0 Å². The molecule has 3 heteroatoms. The molecule has 1 aromatic carbocycles. The fraction of sp³-hybridized carbons (Fsp3) is 0.412. The molecule has 0 spiro atoms. The van der Waals surface area contributed by atoms with E-state index in [1.807, 2.05) is 16.8 Å². The molecule has 0 bridgehead atoms. The Morgan fingerprint density at radius 1 is 1.10 bits per heavy atom. The molecule has 0 amide bonds. The lowest BCUT2D eigenvalue weighted by molar-refractivity contribution is 0.175. The minimum absolute atomic E-state index is 0.415. The second-order valence-electron chi connectivity index (χ2n) is 5.62. The molecular weight excluding hydrogens is 266 g/mol. The Kier molecular flexibility index (Phi) is 5.77. The van der Waals surface area contributed by atoms with Crippen LogP contribution in [0.25, 0.3) is 0 Å². The van der Waals surface area contributed by atoms with Gasteiger partial charge >= 0.3 is 0 Å². The number of nitrogens with one attached hydrogen (secondary N) is 1. The number of rotatable bonds is 7. The molecule has 0 aliphatic rings. The summed E-state index contributed by atoms with van der Waals surface area (Å²) in [7, 11) is 0. The van der Waals surface area contributed by atoms with E-state index in [9.17, 15) is 5.11 Å². The molecule has 0 aliphatic carbocycles. The molecule has 1 aromatic heterocycles. The van der Waals surface area contributed by atoms with E-state index in [0.29, 0.717) is 12.5 Å². The van der Waals surface area contributed by atoms with E-state index in [1.54, 1.807) is 11.3 Å². The van der Waals surface area contributed by atoms with Gasteiger partial charge in [-0.1, -0.05) is 38.1 Å². The SMILES string of the molecule is CC(C)Cc1ccc(CNCC(O)c2ccsc2)cc1. The summed E-state index contributed by atoms with van der Waals surface area (Å²) >= 11 is 1.62.